The first-order chi connectivity index (χ1) is 9.82. The van der Waals surface area contributed by atoms with Crippen molar-refractivity contribution in [2.75, 3.05) is 19.6 Å². The van der Waals surface area contributed by atoms with E-state index in [0.29, 0.717) is 12.6 Å². The van der Waals surface area contributed by atoms with Crippen molar-refractivity contribution in [3.63, 3.8) is 0 Å². The van der Waals surface area contributed by atoms with Gasteiger partial charge in [0.25, 0.3) is 0 Å². The zero-order valence-electron chi connectivity index (χ0n) is 13.4. The van der Waals surface area contributed by atoms with E-state index in [-0.39, 0.29) is 17.7 Å². The number of hydrogen-bond acceptors (Lipinski definition) is 3. The van der Waals surface area contributed by atoms with Crippen molar-refractivity contribution < 1.29 is 14.7 Å². The molecule has 0 aliphatic carbocycles. The van der Waals surface area contributed by atoms with E-state index in [0.717, 1.165) is 38.8 Å². The molecule has 2 heterocycles. The number of carboxylic acid groups (broad SMARTS) is 1. The standard InChI is InChI=1S/C16H28N2O3/c1-11-9-12(6-7-17-11)14(19)18-8-4-5-13(10-18)16(2,3)15(20)21/h11-13,17H,4-10H2,1-3H3,(H,20,21). The first-order valence-corrected chi connectivity index (χ1v) is 8.08. The summed E-state index contributed by atoms with van der Waals surface area (Å²) in [5.41, 5.74) is -0.764. The molecule has 0 spiro atoms. The quantitative estimate of drug-likeness (QED) is 0.832. The Labute approximate surface area is 127 Å². The molecule has 5 nitrogen and oxygen atoms in total. The third-order valence-electron chi connectivity index (χ3n) is 5.28. The number of piperidine rings is 2. The number of carbonyl (C=O) groups is 2. The summed E-state index contributed by atoms with van der Waals surface area (Å²) < 4.78 is 0. The first-order valence-electron chi connectivity index (χ1n) is 8.08. The maximum absolute atomic E-state index is 12.7. The van der Waals surface area contributed by atoms with E-state index < -0.39 is 11.4 Å². The molecule has 0 radical (unpaired) electrons. The number of hydrogen-bond donors (Lipinski definition) is 2. The minimum Gasteiger partial charge on any atom is -0.481 e. The third-order valence-corrected chi connectivity index (χ3v) is 5.28. The minimum absolute atomic E-state index is 0.0480. The molecule has 21 heavy (non-hydrogen) atoms. The number of rotatable bonds is 3. The lowest BCUT2D eigenvalue weighted by molar-refractivity contribution is -0.154. The summed E-state index contributed by atoms with van der Waals surface area (Å²) in [6, 6.07) is 0.392. The summed E-state index contributed by atoms with van der Waals surface area (Å²) in [5, 5.41) is 12.8. The van der Waals surface area contributed by atoms with Crippen molar-refractivity contribution >= 4 is 11.9 Å². The van der Waals surface area contributed by atoms with Crippen molar-refractivity contribution in [1.82, 2.24) is 10.2 Å². The van der Waals surface area contributed by atoms with Crippen LogP contribution in [0.3, 0.4) is 0 Å². The van der Waals surface area contributed by atoms with E-state index in [1.807, 2.05) is 4.90 Å². The zero-order chi connectivity index (χ0) is 15.6. The Hall–Kier alpha value is -1.10. The van der Waals surface area contributed by atoms with Gasteiger partial charge < -0.3 is 15.3 Å². The van der Waals surface area contributed by atoms with Gasteiger partial charge in [-0.2, -0.15) is 0 Å². The lowest BCUT2D eigenvalue weighted by atomic mass is 9.74. The zero-order valence-corrected chi connectivity index (χ0v) is 13.4. The fourth-order valence-corrected chi connectivity index (χ4v) is 3.56. The molecule has 0 aromatic carbocycles. The molecule has 0 saturated carbocycles. The highest BCUT2D eigenvalue weighted by Gasteiger charge is 2.41. The fourth-order valence-electron chi connectivity index (χ4n) is 3.56. The molecule has 120 valence electrons. The van der Waals surface area contributed by atoms with Crippen LogP contribution in [0.25, 0.3) is 0 Å². The minimum atomic E-state index is -0.766. The first kappa shape index (κ1) is 16.3. The van der Waals surface area contributed by atoms with Crippen LogP contribution in [0.15, 0.2) is 0 Å². The van der Waals surface area contributed by atoms with E-state index in [9.17, 15) is 14.7 Å². The Balaban J connectivity index is 2.00. The van der Waals surface area contributed by atoms with Gasteiger partial charge in [-0.25, -0.2) is 0 Å². The second-order valence-electron chi connectivity index (χ2n) is 7.23. The van der Waals surface area contributed by atoms with E-state index in [2.05, 4.69) is 12.2 Å². The van der Waals surface area contributed by atoms with Crippen molar-refractivity contribution in [1.29, 1.82) is 0 Å². The van der Waals surface area contributed by atoms with E-state index in [4.69, 9.17) is 0 Å². The molecule has 2 fully saturated rings. The van der Waals surface area contributed by atoms with E-state index in [1.165, 1.54) is 0 Å². The van der Waals surface area contributed by atoms with Crippen LogP contribution < -0.4 is 5.32 Å². The van der Waals surface area contributed by atoms with Gasteiger partial charge in [0.2, 0.25) is 5.91 Å². The van der Waals surface area contributed by atoms with Gasteiger partial charge in [0.05, 0.1) is 5.41 Å². The molecule has 0 aromatic rings. The average Bonchev–Trinajstić information content (AvgIpc) is 2.46. The second-order valence-corrected chi connectivity index (χ2v) is 7.23. The Kier molecular flexibility index (Phi) is 4.91. The largest absolute Gasteiger partial charge is 0.481 e. The van der Waals surface area contributed by atoms with Crippen molar-refractivity contribution in [2.45, 2.75) is 52.5 Å². The van der Waals surface area contributed by atoms with Crippen LogP contribution >= 0.6 is 0 Å². The second kappa shape index (κ2) is 6.34. The molecule has 0 aromatic heterocycles. The van der Waals surface area contributed by atoms with Gasteiger partial charge in [0.1, 0.15) is 0 Å². The molecule has 5 heteroatoms. The summed E-state index contributed by atoms with van der Waals surface area (Å²) in [7, 11) is 0. The summed E-state index contributed by atoms with van der Waals surface area (Å²) in [6.45, 7) is 7.95. The maximum atomic E-state index is 12.7. The lowest BCUT2D eigenvalue weighted by Crippen LogP contribution is -2.50. The molecule has 2 N–H and O–H groups in total. The topological polar surface area (TPSA) is 69.6 Å². The van der Waals surface area contributed by atoms with Gasteiger partial charge in [0.15, 0.2) is 0 Å². The van der Waals surface area contributed by atoms with Gasteiger partial charge in [-0.05, 0) is 58.9 Å². The van der Waals surface area contributed by atoms with Gasteiger partial charge in [-0.3, -0.25) is 9.59 Å². The number of nitrogens with zero attached hydrogens (tertiary/aromatic N) is 1. The highest BCUT2D eigenvalue weighted by atomic mass is 16.4. The van der Waals surface area contributed by atoms with Crippen molar-refractivity contribution in [3.8, 4) is 0 Å². The van der Waals surface area contributed by atoms with Crippen molar-refractivity contribution in [2.24, 2.45) is 17.3 Å². The van der Waals surface area contributed by atoms with Crippen LogP contribution in [-0.4, -0.2) is 47.6 Å². The molecular weight excluding hydrogens is 268 g/mol. The van der Waals surface area contributed by atoms with Gasteiger partial charge in [-0.1, -0.05) is 0 Å². The number of carbonyl (C=O) groups excluding carboxylic acids is 1. The highest BCUT2D eigenvalue weighted by molar-refractivity contribution is 5.79. The monoisotopic (exact) mass is 296 g/mol. The summed E-state index contributed by atoms with van der Waals surface area (Å²) in [5.74, 6) is -0.383. The van der Waals surface area contributed by atoms with E-state index in [1.54, 1.807) is 13.8 Å². The predicted octanol–water partition coefficient (Wildman–Crippen LogP) is 1.72. The van der Waals surface area contributed by atoms with Gasteiger partial charge >= 0.3 is 5.97 Å². The third kappa shape index (κ3) is 3.57. The van der Waals surface area contributed by atoms with Gasteiger partial charge in [-0.15, -0.1) is 0 Å². The number of nitrogens with one attached hydrogen (secondary N) is 1. The Morgan fingerprint density at radius 3 is 2.62 bits per heavy atom. The predicted molar refractivity (Wildman–Crippen MR) is 80.9 cm³/mol. The molecule has 1 amide bonds. The Morgan fingerprint density at radius 1 is 1.29 bits per heavy atom. The molecule has 3 unspecified atom stereocenters. The molecule has 0 bridgehead atoms. The van der Waals surface area contributed by atoms with Crippen LogP contribution in [-0.2, 0) is 9.59 Å². The Bertz CT molecular complexity index is 408. The molecule has 2 aliphatic rings. The number of carboxylic acids is 1. The maximum Gasteiger partial charge on any atom is 0.309 e. The van der Waals surface area contributed by atoms with Crippen LogP contribution in [0, 0.1) is 17.3 Å². The fraction of sp³-hybridized carbons (Fsp3) is 0.875. The highest BCUT2D eigenvalue weighted by Crippen LogP contribution is 2.35. The summed E-state index contributed by atoms with van der Waals surface area (Å²) in [4.78, 5) is 26.0. The smallest absolute Gasteiger partial charge is 0.309 e. The molecule has 2 rings (SSSR count). The summed E-state index contributed by atoms with van der Waals surface area (Å²) >= 11 is 0. The number of amides is 1. The molecule has 2 aliphatic heterocycles. The van der Waals surface area contributed by atoms with Crippen LogP contribution in [0.1, 0.15) is 46.5 Å². The van der Waals surface area contributed by atoms with Crippen LogP contribution in [0.2, 0.25) is 0 Å². The van der Waals surface area contributed by atoms with Crippen LogP contribution in [0.4, 0.5) is 0 Å². The Morgan fingerprint density at radius 2 is 2.00 bits per heavy atom. The molecule has 3 atom stereocenters. The molecule has 2 saturated heterocycles. The molecular formula is C16H28N2O3. The van der Waals surface area contributed by atoms with Gasteiger partial charge in [0, 0.05) is 25.0 Å². The van der Waals surface area contributed by atoms with E-state index >= 15 is 0 Å². The normalized spacial score (nSPS) is 31.0. The van der Waals surface area contributed by atoms with Crippen LogP contribution in [0.5, 0.6) is 0 Å². The average molecular weight is 296 g/mol. The number of aliphatic carboxylic acids is 1. The number of likely N-dealkylation sites (tertiary alicyclic amines) is 1. The SMILES string of the molecule is CC1CC(C(=O)N2CCCC(C(C)(C)C(=O)O)C2)CCN1. The summed E-state index contributed by atoms with van der Waals surface area (Å²) in [6.07, 6.45) is 3.59. The van der Waals surface area contributed by atoms with Crippen molar-refractivity contribution in [3.05, 3.63) is 0 Å². The lowest BCUT2D eigenvalue weighted by Gasteiger charge is -2.41.